The Hall–Kier alpha value is -1.64. The number of benzene rings is 1. The molecule has 1 amide bonds. The fraction of sp³-hybridized carbons (Fsp3) is 0.619. The second-order valence-corrected chi connectivity index (χ2v) is 7.66. The van der Waals surface area contributed by atoms with E-state index in [1.54, 1.807) is 19.1 Å². The van der Waals surface area contributed by atoms with E-state index in [4.69, 9.17) is 5.26 Å². The Labute approximate surface area is 167 Å². The number of carbonyl (C=O) groups excluding carboxylic acids is 1. The van der Waals surface area contributed by atoms with Gasteiger partial charge in [0, 0.05) is 31.6 Å². The van der Waals surface area contributed by atoms with Crippen molar-refractivity contribution in [3.8, 4) is 6.07 Å². The Kier molecular flexibility index (Phi) is 8.07. The summed E-state index contributed by atoms with van der Waals surface area (Å²) in [5, 5.41) is 8.85. The molecule has 27 heavy (non-hydrogen) atoms. The number of hydrogen-bond acceptors (Lipinski definition) is 3. The first-order chi connectivity index (χ1) is 12.6. The number of amides is 1. The molecule has 0 spiro atoms. The summed E-state index contributed by atoms with van der Waals surface area (Å²) in [6, 6.07) is 7.08. The van der Waals surface area contributed by atoms with Gasteiger partial charge in [-0.25, -0.2) is 4.39 Å². The first-order valence-electron chi connectivity index (χ1n) is 9.76. The first-order valence-corrected chi connectivity index (χ1v) is 9.76. The van der Waals surface area contributed by atoms with Crippen molar-refractivity contribution in [3.63, 3.8) is 0 Å². The van der Waals surface area contributed by atoms with E-state index in [1.165, 1.54) is 18.9 Å². The zero-order valence-electron chi connectivity index (χ0n) is 16.0. The molecular weight excluding hydrogens is 365 g/mol. The van der Waals surface area contributed by atoms with Crippen LogP contribution in [0.3, 0.4) is 0 Å². The quantitative estimate of drug-likeness (QED) is 0.775. The Bertz CT molecular complexity index is 682. The van der Waals surface area contributed by atoms with Gasteiger partial charge in [-0.15, -0.1) is 12.4 Å². The number of nitriles is 1. The Balaban J connectivity index is 0.00000261. The standard InChI is InChI=1S/C21H28FN3O.ClH/c1-16(26)25-10-4-2-3-5-21(25)18-8-11-24(12-9-18)15-19-7-6-17(14-23)13-20(19)22;/h6-7,13,18,21H,2-5,8-12,15H2,1H3;1H. The van der Waals surface area contributed by atoms with E-state index in [-0.39, 0.29) is 24.1 Å². The van der Waals surface area contributed by atoms with Crippen LogP contribution in [-0.4, -0.2) is 41.4 Å². The fourth-order valence-corrected chi connectivity index (χ4v) is 4.50. The summed E-state index contributed by atoms with van der Waals surface area (Å²) >= 11 is 0. The minimum absolute atomic E-state index is 0. The predicted molar refractivity (Wildman–Crippen MR) is 106 cm³/mol. The summed E-state index contributed by atoms with van der Waals surface area (Å²) in [7, 11) is 0. The van der Waals surface area contributed by atoms with E-state index < -0.39 is 0 Å². The predicted octanol–water partition coefficient (Wildman–Crippen LogP) is 4.12. The van der Waals surface area contributed by atoms with Crippen LogP contribution in [0.5, 0.6) is 0 Å². The van der Waals surface area contributed by atoms with Gasteiger partial charge in [0.1, 0.15) is 5.82 Å². The summed E-state index contributed by atoms with van der Waals surface area (Å²) in [4.78, 5) is 16.4. The molecule has 2 aliphatic heterocycles. The molecule has 4 nitrogen and oxygen atoms in total. The molecule has 0 aliphatic carbocycles. The third-order valence-electron chi connectivity index (χ3n) is 5.96. The highest BCUT2D eigenvalue weighted by Crippen LogP contribution is 2.30. The van der Waals surface area contributed by atoms with Gasteiger partial charge < -0.3 is 4.90 Å². The zero-order valence-corrected chi connectivity index (χ0v) is 16.8. The van der Waals surface area contributed by atoms with Crippen LogP contribution in [-0.2, 0) is 11.3 Å². The molecule has 0 bridgehead atoms. The fourth-order valence-electron chi connectivity index (χ4n) is 4.50. The average molecular weight is 394 g/mol. The molecule has 2 saturated heterocycles. The van der Waals surface area contributed by atoms with Gasteiger partial charge >= 0.3 is 0 Å². The molecule has 1 atom stereocenters. The number of rotatable bonds is 3. The summed E-state index contributed by atoms with van der Waals surface area (Å²) in [5.74, 6) is 0.468. The van der Waals surface area contributed by atoms with Crippen molar-refractivity contribution in [1.82, 2.24) is 9.80 Å². The Morgan fingerprint density at radius 2 is 1.93 bits per heavy atom. The topological polar surface area (TPSA) is 47.3 Å². The molecule has 1 unspecified atom stereocenters. The van der Waals surface area contributed by atoms with Crippen molar-refractivity contribution in [1.29, 1.82) is 5.26 Å². The van der Waals surface area contributed by atoms with Crippen molar-refractivity contribution in [3.05, 3.63) is 35.1 Å². The molecule has 1 aromatic carbocycles. The molecular formula is C21H29ClFN3O. The van der Waals surface area contributed by atoms with Crippen LogP contribution >= 0.6 is 12.4 Å². The molecule has 0 saturated carbocycles. The van der Waals surface area contributed by atoms with Crippen molar-refractivity contribution in [2.75, 3.05) is 19.6 Å². The maximum atomic E-state index is 14.1. The molecule has 2 aliphatic rings. The van der Waals surface area contributed by atoms with Gasteiger partial charge in [-0.3, -0.25) is 9.69 Å². The van der Waals surface area contributed by atoms with Crippen LogP contribution in [0.25, 0.3) is 0 Å². The van der Waals surface area contributed by atoms with E-state index in [0.29, 0.717) is 29.6 Å². The number of carbonyl (C=O) groups is 1. The lowest BCUT2D eigenvalue weighted by molar-refractivity contribution is -0.132. The van der Waals surface area contributed by atoms with Gasteiger partial charge in [0.05, 0.1) is 11.6 Å². The van der Waals surface area contributed by atoms with Crippen LogP contribution in [0.4, 0.5) is 4.39 Å². The summed E-state index contributed by atoms with van der Waals surface area (Å²) in [6.45, 7) is 5.06. The van der Waals surface area contributed by atoms with Gasteiger partial charge in [-0.1, -0.05) is 18.9 Å². The minimum Gasteiger partial charge on any atom is -0.340 e. The number of piperidine rings is 1. The van der Waals surface area contributed by atoms with E-state index in [1.807, 2.05) is 6.07 Å². The SMILES string of the molecule is CC(=O)N1CCCCCC1C1CCN(Cc2ccc(C#N)cc2F)CC1.Cl. The minimum atomic E-state index is -0.294. The van der Waals surface area contributed by atoms with Gasteiger partial charge in [-0.05, 0) is 56.8 Å². The van der Waals surface area contributed by atoms with Crippen LogP contribution < -0.4 is 0 Å². The molecule has 0 N–H and O–H groups in total. The highest BCUT2D eigenvalue weighted by atomic mass is 35.5. The number of likely N-dealkylation sites (tertiary alicyclic amines) is 2. The van der Waals surface area contributed by atoms with Gasteiger partial charge in [0.25, 0.3) is 0 Å². The smallest absolute Gasteiger partial charge is 0.219 e. The number of hydrogen-bond donors (Lipinski definition) is 0. The highest BCUT2D eigenvalue weighted by Gasteiger charge is 2.32. The second-order valence-electron chi connectivity index (χ2n) is 7.66. The average Bonchev–Trinajstić information content (AvgIpc) is 2.90. The van der Waals surface area contributed by atoms with Crippen LogP contribution in [0.1, 0.15) is 56.6 Å². The van der Waals surface area contributed by atoms with Crippen molar-refractivity contribution in [2.45, 2.75) is 58.0 Å². The third kappa shape index (κ3) is 5.43. The Morgan fingerprint density at radius 1 is 1.19 bits per heavy atom. The van der Waals surface area contributed by atoms with Crippen LogP contribution in [0.2, 0.25) is 0 Å². The molecule has 2 heterocycles. The summed E-state index contributed by atoms with van der Waals surface area (Å²) in [6.07, 6.45) is 6.79. The maximum absolute atomic E-state index is 14.1. The van der Waals surface area contributed by atoms with Gasteiger partial charge in [-0.2, -0.15) is 5.26 Å². The number of nitrogens with zero attached hydrogens (tertiary/aromatic N) is 3. The second kappa shape index (κ2) is 10.1. The van der Waals surface area contributed by atoms with Crippen molar-refractivity contribution in [2.24, 2.45) is 5.92 Å². The highest BCUT2D eigenvalue weighted by molar-refractivity contribution is 5.85. The molecule has 1 aromatic rings. The van der Waals surface area contributed by atoms with E-state index in [9.17, 15) is 9.18 Å². The third-order valence-corrected chi connectivity index (χ3v) is 5.96. The number of halogens is 2. The van der Waals surface area contributed by atoms with E-state index in [2.05, 4.69) is 9.80 Å². The first kappa shape index (κ1) is 21.7. The molecule has 6 heteroatoms. The van der Waals surface area contributed by atoms with Gasteiger partial charge in [0.2, 0.25) is 5.91 Å². The largest absolute Gasteiger partial charge is 0.340 e. The van der Waals surface area contributed by atoms with E-state index in [0.717, 1.165) is 45.3 Å². The summed E-state index contributed by atoms with van der Waals surface area (Å²) < 4.78 is 14.1. The summed E-state index contributed by atoms with van der Waals surface area (Å²) in [5.41, 5.74) is 1.02. The lowest BCUT2D eigenvalue weighted by Crippen LogP contribution is -2.47. The maximum Gasteiger partial charge on any atom is 0.219 e. The lowest BCUT2D eigenvalue weighted by Gasteiger charge is -2.40. The monoisotopic (exact) mass is 393 g/mol. The molecule has 2 fully saturated rings. The molecule has 0 aromatic heterocycles. The van der Waals surface area contributed by atoms with Crippen molar-refractivity contribution < 1.29 is 9.18 Å². The lowest BCUT2D eigenvalue weighted by atomic mass is 9.86. The Morgan fingerprint density at radius 3 is 2.56 bits per heavy atom. The normalized spacial score (nSPS) is 21.8. The molecule has 3 rings (SSSR count). The van der Waals surface area contributed by atoms with Crippen LogP contribution in [0, 0.1) is 23.1 Å². The molecule has 0 radical (unpaired) electrons. The van der Waals surface area contributed by atoms with Crippen molar-refractivity contribution >= 4 is 18.3 Å². The van der Waals surface area contributed by atoms with E-state index >= 15 is 0 Å². The van der Waals surface area contributed by atoms with Gasteiger partial charge in [0.15, 0.2) is 0 Å². The zero-order chi connectivity index (χ0) is 18.5. The van der Waals surface area contributed by atoms with Crippen LogP contribution in [0.15, 0.2) is 18.2 Å². The molecule has 148 valence electrons.